The molecule has 0 saturated heterocycles. The predicted molar refractivity (Wildman–Crippen MR) is 77.1 cm³/mol. The van der Waals surface area contributed by atoms with Crippen molar-refractivity contribution in [3.63, 3.8) is 0 Å². The summed E-state index contributed by atoms with van der Waals surface area (Å²) in [6, 6.07) is 16.4. The second kappa shape index (κ2) is 6.20. The molecule has 0 bridgehead atoms. The first-order chi connectivity index (χ1) is 9.16. The lowest BCUT2D eigenvalue weighted by molar-refractivity contribution is -0.180. The van der Waals surface area contributed by atoms with Crippen LogP contribution in [0.1, 0.15) is 24.5 Å². The fourth-order valence-electron chi connectivity index (χ4n) is 1.92. The molecule has 3 heteroatoms. The molecule has 0 radical (unpaired) electrons. The maximum atomic E-state index is 10.9. The molecule has 2 aromatic carbocycles. The zero-order chi connectivity index (χ0) is 13.7. The molecule has 0 aliphatic carbocycles. The van der Waals surface area contributed by atoms with Gasteiger partial charge >= 0.3 is 0 Å². The van der Waals surface area contributed by atoms with Gasteiger partial charge in [0.15, 0.2) is 0 Å². The molecule has 2 nitrogen and oxygen atoms in total. The molecular weight excluding hydrogens is 260 g/mol. The maximum absolute atomic E-state index is 10.9. The second-order valence-electron chi connectivity index (χ2n) is 4.37. The zero-order valence-electron chi connectivity index (χ0n) is 10.8. The number of hydrogen-bond donors (Lipinski definition) is 1. The van der Waals surface area contributed by atoms with Crippen molar-refractivity contribution in [1.82, 2.24) is 0 Å². The van der Waals surface area contributed by atoms with E-state index in [1.807, 2.05) is 37.3 Å². The molecule has 1 unspecified atom stereocenters. The second-order valence-corrected chi connectivity index (χ2v) is 4.80. The van der Waals surface area contributed by atoms with Crippen LogP contribution in [0.4, 0.5) is 0 Å². The van der Waals surface area contributed by atoms with Crippen LogP contribution in [-0.4, -0.2) is 11.7 Å². The van der Waals surface area contributed by atoms with E-state index in [4.69, 9.17) is 16.3 Å². The first kappa shape index (κ1) is 14.1. The topological polar surface area (TPSA) is 29.5 Å². The molecule has 0 aliphatic rings. The van der Waals surface area contributed by atoms with Crippen molar-refractivity contribution < 1.29 is 9.84 Å². The number of aliphatic hydroxyl groups is 1. The standard InChI is InChI=1S/C16H17ClO2/c1-2-12-19-16(18,13-6-4-3-5-7-13)14-8-10-15(17)11-9-14/h3-11,18H,2,12H2,1H3. The van der Waals surface area contributed by atoms with Gasteiger partial charge in [0.2, 0.25) is 5.79 Å². The van der Waals surface area contributed by atoms with Gasteiger partial charge in [0.1, 0.15) is 0 Å². The largest absolute Gasteiger partial charge is 0.358 e. The minimum Gasteiger partial charge on any atom is -0.358 e. The summed E-state index contributed by atoms with van der Waals surface area (Å²) >= 11 is 5.89. The van der Waals surface area contributed by atoms with E-state index >= 15 is 0 Å². The highest BCUT2D eigenvalue weighted by Crippen LogP contribution is 2.31. The van der Waals surface area contributed by atoms with Gasteiger partial charge in [-0.05, 0) is 18.6 Å². The summed E-state index contributed by atoms with van der Waals surface area (Å²) in [4.78, 5) is 0. The van der Waals surface area contributed by atoms with Crippen molar-refractivity contribution in [2.24, 2.45) is 0 Å². The fourth-order valence-corrected chi connectivity index (χ4v) is 2.05. The molecule has 2 aromatic rings. The summed E-state index contributed by atoms with van der Waals surface area (Å²) < 4.78 is 5.70. The fraction of sp³-hybridized carbons (Fsp3) is 0.250. The first-order valence-corrected chi connectivity index (χ1v) is 6.72. The van der Waals surface area contributed by atoms with Crippen molar-refractivity contribution in [1.29, 1.82) is 0 Å². The van der Waals surface area contributed by atoms with Crippen LogP contribution >= 0.6 is 11.6 Å². The van der Waals surface area contributed by atoms with Crippen LogP contribution in [0.25, 0.3) is 0 Å². The number of hydrogen-bond acceptors (Lipinski definition) is 2. The van der Waals surface area contributed by atoms with Crippen molar-refractivity contribution in [3.8, 4) is 0 Å². The predicted octanol–water partition coefficient (Wildman–Crippen LogP) is 3.96. The molecule has 0 fully saturated rings. The van der Waals surface area contributed by atoms with Gasteiger partial charge in [-0.25, -0.2) is 0 Å². The van der Waals surface area contributed by atoms with Gasteiger partial charge in [-0.1, -0.05) is 61.0 Å². The number of halogens is 1. The Kier molecular flexibility index (Phi) is 4.59. The highest BCUT2D eigenvalue weighted by atomic mass is 35.5. The van der Waals surface area contributed by atoms with Crippen LogP contribution in [-0.2, 0) is 10.5 Å². The molecular formula is C16H17ClO2. The van der Waals surface area contributed by atoms with E-state index in [0.29, 0.717) is 22.8 Å². The number of benzene rings is 2. The van der Waals surface area contributed by atoms with Crippen LogP contribution in [0.5, 0.6) is 0 Å². The molecule has 0 aliphatic heterocycles. The van der Waals surface area contributed by atoms with Crippen LogP contribution in [0.2, 0.25) is 5.02 Å². The number of rotatable bonds is 5. The van der Waals surface area contributed by atoms with Crippen LogP contribution in [0.3, 0.4) is 0 Å². The summed E-state index contributed by atoms with van der Waals surface area (Å²) in [7, 11) is 0. The lowest BCUT2D eigenvalue weighted by atomic mass is 9.97. The molecule has 1 atom stereocenters. The Hall–Kier alpha value is -1.35. The van der Waals surface area contributed by atoms with E-state index in [-0.39, 0.29) is 0 Å². The molecule has 2 rings (SSSR count). The average molecular weight is 277 g/mol. The summed E-state index contributed by atoms with van der Waals surface area (Å²) in [5.41, 5.74) is 1.39. The monoisotopic (exact) mass is 276 g/mol. The van der Waals surface area contributed by atoms with Gasteiger partial charge in [-0.15, -0.1) is 0 Å². The lowest BCUT2D eigenvalue weighted by Gasteiger charge is -2.29. The number of ether oxygens (including phenoxy) is 1. The summed E-state index contributed by atoms with van der Waals surface area (Å²) in [6.45, 7) is 2.49. The zero-order valence-corrected chi connectivity index (χ0v) is 11.6. The van der Waals surface area contributed by atoms with Gasteiger partial charge in [0.25, 0.3) is 0 Å². The third-order valence-electron chi connectivity index (χ3n) is 2.92. The van der Waals surface area contributed by atoms with Crippen molar-refractivity contribution in [2.75, 3.05) is 6.61 Å². The molecule has 100 valence electrons. The quantitative estimate of drug-likeness (QED) is 0.838. The van der Waals surface area contributed by atoms with Crippen molar-refractivity contribution >= 4 is 11.6 Å². The third-order valence-corrected chi connectivity index (χ3v) is 3.17. The minimum atomic E-state index is -1.43. The van der Waals surface area contributed by atoms with E-state index in [2.05, 4.69) is 0 Å². The molecule has 0 saturated carbocycles. The Bertz CT molecular complexity index is 510. The lowest BCUT2D eigenvalue weighted by Crippen LogP contribution is -2.31. The minimum absolute atomic E-state index is 0.480. The van der Waals surface area contributed by atoms with Gasteiger partial charge in [-0.2, -0.15) is 0 Å². The van der Waals surface area contributed by atoms with E-state index in [9.17, 15) is 5.11 Å². The average Bonchev–Trinajstić information content (AvgIpc) is 2.46. The van der Waals surface area contributed by atoms with Crippen molar-refractivity contribution in [2.45, 2.75) is 19.1 Å². The smallest absolute Gasteiger partial charge is 0.219 e. The third kappa shape index (κ3) is 3.16. The highest BCUT2D eigenvalue weighted by Gasteiger charge is 2.32. The summed E-state index contributed by atoms with van der Waals surface area (Å²) in [6.07, 6.45) is 0.836. The molecule has 0 amide bonds. The SMILES string of the molecule is CCCOC(O)(c1ccccc1)c1ccc(Cl)cc1. The Morgan fingerprint density at radius 3 is 2.16 bits per heavy atom. The van der Waals surface area contributed by atoms with E-state index in [1.54, 1.807) is 24.3 Å². The normalized spacial score (nSPS) is 14.1. The highest BCUT2D eigenvalue weighted by molar-refractivity contribution is 6.30. The van der Waals surface area contributed by atoms with E-state index < -0.39 is 5.79 Å². The molecule has 0 spiro atoms. The van der Waals surface area contributed by atoms with Gasteiger partial charge in [0, 0.05) is 16.1 Å². The molecule has 1 N–H and O–H groups in total. The Balaban J connectivity index is 2.42. The van der Waals surface area contributed by atoms with Gasteiger partial charge < -0.3 is 9.84 Å². The van der Waals surface area contributed by atoms with Gasteiger partial charge in [-0.3, -0.25) is 0 Å². The molecule has 0 heterocycles. The first-order valence-electron chi connectivity index (χ1n) is 6.34. The van der Waals surface area contributed by atoms with E-state index in [1.165, 1.54) is 0 Å². The van der Waals surface area contributed by atoms with Crippen LogP contribution in [0, 0.1) is 0 Å². The van der Waals surface area contributed by atoms with Crippen LogP contribution < -0.4 is 0 Å². The van der Waals surface area contributed by atoms with Crippen molar-refractivity contribution in [3.05, 3.63) is 70.7 Å². The van der Waals surface area contributed by atoms with Gasteiger partial charge in [0.05, 0.1) is 6.61 Å². The molecule has 0 aromatic heterocycles. The molecule has 19 heavy (non-hydrogen) atoms. The Labute approximate surface area is 118 Å². The van der Waals surface area contributed by atoms with Crippen LogP contribution in [0.15, 0.2) is 54.6 Å². The summed E-state index contributed by atoms with van der Waals surface area (Å²) in [5, 5.41) is 11.5. The summed E-state index contributed by atoms with van der Waals surface area (Å²) in [5.74, 6) is -1.43. The Morgan fingerprint density at radius 2 is 1.58 bits per heavy atom. The van der Waals surface area contributed by atoms with E-state index in [0.717, 1.165) is 6.42 Å². The maximum Gasteiger partial charge on any atom is 0.219 e. The Morgan fingerprint density at radius 1 is 1.00 bits per heavy atom.